The van der Waals surface area contributed by atoms with Crippen LogP contribution < -0.4 is 15.8 Å². The molecule has 0 aliphatic carbocycles. The SMILES string of the molecule is N#C/C(=C/NCCc1ccc(S(N)(=O)=O)cc1)C(=O)NCc1ccc(Cl)cc1. The molecular weight excluding hydrogens is 400 g/mol. The second-order valence-electron chi connectivity index (χ2n) is 5.87. The van der Waals surface area contributed by atoms with Crippen molar-refractivity contribution >= 4 is 27.5 Å². The Labute approximate surface area is 168 Å². The molecule has 0 spiro atoms. The Balaban J connectivity index is 1.83. The Bertz CT molecular complexity index is 995. The van der Waals surface area contributed by atoms with Gasteiger partial charge in [-0.15, -0.1) is 0 Å². The molecule has 7 nitrogen and oxygen atoms in total. The van der Waals surface area contributed by atoms with Crippen LogP contribution in [-0.4, -0.2) is 20.9 Å². The first-order valence-corrected chi connectivity index (χ1v) is 10.2. The van der Waals surface area contributed by atoms with E-state index in [9.17, 15) is 13.2 Å². The number of benzene rings is 2. The van der Waals surface area contributed by atoms with E-state index in [1.807, 2.05) is 6.07 Å². The summed E-state index contributed by atoms with van der Waals surface area (Å²) in [4.78, 5) is 12.1. The standard InChI is InChI=1S/C19H19ClN4O3S/c20-17-5-1-15(2-6-17)12-24-19(25)16(11-21)13-23-10-9-14-3-7-18(8-4-14)28(22,26)27/h1-8,13,23H,9-10,12H2,(H,24,25)(H2,22,26,27)/b16-13-. The molecule has 0 atom stereocenters. The van der Waals surface area contributed by atoms with Crippen molar-refractivity contribution in [1.29, 1.82) is 5.26 Å². The molecule has 0 saturated carbocycles. The third-order valence-electron chi connectivity index (χ3n) is 3.79. The van der Waals surface area contributed by atoms with E-state index in [1.165, 1.54) is 18.3 Å². The summed E-state index contributed by atoms with van der Waals surface area (Å²) in [6, 6.07) is 15.1. The van der Waals surface area contributed by atoms with E-state index in [0.717, 1.165) is 11.1 Å². The molecule has 0 radical (unpaired) electrons. The van der Waals surface area contributed by atoms with Gasteiger partial charge in [0, 0.05) is 24.3 Å². The van der Waals surface area contributed by atoms with Crippen LogP contribution in [0.25, 0.3) is 0 Å². The van der Waals surface area contributed by atoms with Crippen LogP contribution in [0, 0.1) is 11.3 Å². The van der Waals surface area contributed by atoms with E-state index in [-0.39, 0.29) is 17.0 Å². The lowest BCUT2D eigenvalue weighted by molar-refractivity contribution is -0.117. The van der Waals surface area contributed by atoms with Gasteiger partial charge in [-0.3, -0.25) is 4.79 Å². The molecule has 1 amide bonds. The zero-order valence-corrected chi connectivity index (χ0v) is 16.4. The van der Waals surface area contributed by atoms with Crippen molar-refractivity contribution in [3.05, 3.63) is 76.5 Å². The maximum Gasteiger partial charge on any atom is 0.263 e. The highest BCUT2D eigenvalue weighted by atomic mass is 35.5. The number of amides is 1. The van der Waals surface area contributed by atoms with Gasteiger partial charge in [-0.05, 0) is 41.8 Å². The van der Waals surface area contributed by atoms with Gasteiger partial charge in [0.25, 0.3) is 5.91 Å². The molecular formula is C19H19ClN4O3S. The lowest BCUT2D eigenvalue weighted by Gasteiger charge is -2.06. The number of nitrogens with two attached hydrogens (primary N) is 1. The third-order valence-corrected chi connectivity index (χ3v) is 4.97. The average Bonchev–Trinajstić information content (AvgIpc) is 2.67. The number of sulfonamides is 1. The fourth-order valence-electron chi connectivity index (χ4n) is 2.26. The Hall–Kier alpha value is -2.86. The fourth-order valence-corrected chi connectivity index (χ4v) is 2.91. The normalized spacial score (nSPS) is 11.5. The van der Waals surface area contributed by atoms with Crippen molar-refractivity contribution in [3.8, 4) is 6.07 Å². The van der Waals surface area contributed by atoms with Crippen LogP contribution in [0.5, 0.6) is 0 Å². The van der Waals surface area contributed by atoms with Crippen LogP contribution in [0.4, 0.5) is 0 Å². The first-order chi connectivity index (χ1) is 13.3. The number of nitriles is 1. The van der Waals surface area contributed by atoms with E-state index in [2.05, 4.69) is 10.6 Å². The highest BCUT2D eigenvalue weighted by Crippen LogP contribution is 2.10. The first kappa shape index (κ1) is 21.4. The monoisotopic (exact) mass is 418 g/mol. The lowest BCUT2D eigenvalue weighted by Crippen LogP contribution is -2.25. The summed E-state index contributed by atoms with van der Waals surface area (Å²) in [5.41, 5.74) is 1.71. The molecule has 2 aromatic rings. The fraction of sp³-hybridized carbons (Fsp3) is 0.158. The Morgan fingerprint density at radius 2 is 1.71 bits per heavy atom. The van der Waals surface area contributed by atoms with Crippen molar-refractivity contribution in [3.63, 3.8) is 0 Å². The van der Waals surface area contributed by atoms with Crippen LogP contribution in [0.1, 0.15) is 11.1 Å². The molecule has 0 saturated heterocycles. The van der Waals surface area contributed by atoms with Crippen molar-refractivity contribution in [2.75, 3.05) is 6.54 Å². The van der Waals surface area contributed by atoms with Gasteiger partial charge in [0.2, 0.25) is 10.0 Å². The van der Waals surface area contributed by atoms with Gasteiger partial charge < -0.3 is 10.6 Å². The largest absolute Gasteiger partial charge is 0.389 e. The zero-order valence-electron chi connectivity index (χ0n) is 14.9. The summed E-state index contributed by atoms with van der Waals surface area (Å²) in [6.45, 7) is 0.746. The second kappa shape index (κ2) is 9.90. The quantitative estimate of drug-likeness (QED) is 0.342. The highest BCUT2D eigenvalue weighted by Gasteiger charge is 2.09. The van der Waals surface area contributed by atoms with E-state index < -0.39 is 15.9 Å². The number of rotatable bonds is 8. The first-order valence-electron chi connectivity index (χ1n) is 8.27. The van der Waals surface area contributed by atoms with Gasteiger partial charge in [0.05, 0.1) is 4.90 Å². The minimum Gasteiger partial charge on any atom is -0.389 e. The predicted molar refractivity (Wildman–Crippen MR) is 107 cm³/mol. The van der Waals surface area contributed by atoms with E-state index in [0.29, 0.717) is 18.0 Å². The van der Waals surface area contributed by atoms with Crippen LogP contribution in [0.3, 0.4) is 0 Å². The summed E-state index contributed by atoms with van der Waals surface area (Å²) >= 11 is 5.81. The van der Waals surface area contributed by atoms with Crippen LogP contribution in [0.2, 0.25) is 5.02 Å². The van der Waals surface area contributed by atoms with E-state index in [1.54, 1.807) is 36.4 Å². The molecule has 2 aromatic carbocycles. The highest BCUT2D eigenvalue weighted by molar-refractivity contribution is 7.89. The summed E-state index contributed by atoms with van der Waals surface area (Å²) in [5.74, 6) is -0.484. The molecule has 0 bridgehead atoms. The molecule has 0 heterocycles. The van der Waals surface area contributed by atoms with Crippen LogP contribution >= 0.6 is 11.6 Å². The molecule has 2 rings (SSSR count). The minimum atomic E-state index is -3.71. The Morgan fingerprint density at radius 3 is 2.29 bits per heavy atom. The topological polar surface area (TPSA) is 125 Å². The van der Waals surface area contributed by atoms with Crippen molar-refractivity contribution in [1.82, 2.24) is 10.6 Å². The molecule has 9 heteroatoms. The van der Waals surface area contributed by atoms with Crippen LogP contribution in [0.15, 0.2) is 65.2 Å². The molecule has 0 unspecified atom stereocenters. The van der Waals surface area contributed by atoms with Gasteiger partial charge in [-0.1, -0.05) is 35.9 Å². The van der Waals surface area contributed by atoms with Gasteiger partial charge in [0.1, 0.15) is 11.6 Å². The lowest BCUT2D eigenvalue weighted by atomic mass is 10.1. The summed E-state index contributed by atoms with van der Waals surface area (Å²) in [5, 5.41) is 20.4. The molecule has 0 fully saturated rings. The van der Waals surface area contributed by atoms with Gasteiger partial charge in [-0.25, -0.2) is 13.6 Å². The average molecular weight is 419 g/mol. The van der Waals surface area contributed by atoms with Gasteiger partial charge >= 0.3 is 0 Å². The Kier molecular flexibility index (Phi) is 7.58. The van der Waals surface area contributed by atoms with Crippen molar-refractivity contribution in [2.45, 2.75) is 17.9 Å². The van der Waals surface area contributed by atoms with E-state index in [4.69, 9.17) is 22.0 Å². The van der Waals surface area contributed by atoms with E-state index >= 15 is 0 Å². The van der Waals surface area contributed by atoms with Gasteiger partial charge in [0.15, 0.2) is 0 Å². The van der Waals surface area contributed by atoms with Crippen molar-refractivity contribution in [2.24, 2.45) is 5.14 Å². The number of hydrogen-bond donors (Lipinski definition) is 3. The molecule has 0 aliphatic rings. The maximum absolute atomic E-state index is 12.1. The zero-order chi connectivity index (χ0) is 20.6. The Morgan fingerprint density at radius 1 is 1.11 bits per heavy atom. The minimum absolute atomic E-state index is 0.0430. The van der Waals surface area contributed by atoms with Crippen LogP contribution in [-0.2, 0) is 27.8 Å². The molecule has 4 N–H and O–H groups in total. The van der Waals surface area contributed by atoms with Gasteiger partial charge in [-0.2, -0.15) is 5.26 Å². The summed E-state index contributed by atoms with van der Waals surface area (Å²) < 4.78 is 22.4. The summed E-state index contributed by atoms with van der Waals surface area (Å²) in [6.07, 6.45) is 1.93. The number of primary sulfonamides is 1. The maximum atomic E-state index is 12.1. The molecule has 0 aromatic heterocycles. The number of carbonyl (C=O) groups excluding carboxylic acids is 1. The smallest absolute Gasteiger partial charge is 0.263 e. The third kappa shape index (κ3) is 6.70. The predicted octanol–water partition coefficient (Wildman–Crippen LogP) is 1.84. The van der Waals surface area contributed by atoms with Crippen molar-refractivity contribution < 1.29 is 13.2 Å². The second-order valence-corrected chi connectivity index (χ2v) is 7.87. The number of nitrogens with zero attached hydrogens (tertiary/aromatic N) is 1. The number of carbonyl (C=O) groups is 1. The molecule has 28 heavy (non-hydrogen) atoms. The number of halogens is 1. The number of hydrogen-bond acceptors (Lipinski definition) is 5. The molecule has 146 valence electrons. The summed E-state index contributed by atoms with van der Waals surface area (Å²) in [7, 11) is -3.71. The number of nitrogens with one attached hydrogen (secondary N) is 2. The molecule has 0 aliphatic heterocycles.